The summed E-state index contributed by atoms with van der Waals surface area (Å²) in [6.45, 7) is 2.72. The van der Waals surface area contributed by atoms with E-state index in [4.69, 9.17) is 9.47 Å². The Bertz CT molecular complexity index is 1520. The van der Waals surface area contributed by atoms with Crippen molar-refractivity contribution in [2.75, 3.05) is 19.1 Å². The predicted octanol–water partition coefficient (Wildman–Crippen LogP) is 3.47. The summed E-state index contributed by atoms with van der Waals surface area (Å²) in [4.78, 5) is 15.8. The number of fused-ring (bicyclic) bond motifs is 13. The molecule has 1 fully saturated rings. The third-order valence-corrected chi connectivity index (χ3v) is 9.00. The predicted molar refractivity (Wildman–Crippen MR) is 135 cm³/mol. The van der Waals surface area contributed by atoms with E-state index in [9.17, 15) is 4.79 Å². The summed E-state index contributed by atoms with van der Waals surface area (Å²) in [5.41, 5.74) is 5.81. The first-order valence-corrected chi connectivity index (χ1v) is 12.5. The van der Waals surface area contributed by atoms with Gasteiger partial charge in [0.05, 0.1) is 28.3 Å². The topological polar surface area (TPSA) is 67.8 Å². The van der Waals surface area contributed by atoms with Crippen LogP contribution in [0, 0.1) is 0 Å². The van der Waals surface area contributed by atoms with Crippen LogP contribution in [0.25, 0.3) is 21.8 Å². The normalized spacial score (nSPS) is 33.9. The molecule has 2 unspecified atom stereocenters. The molecule has 0 radical (unpaired) electrons. The van der Waals surface area contributed by atoms with Gasteiger partial charge in [0.25, 0.3) is 5.91 Å². The fraction of sp³-hybridized carbons (Fsp3) is 0.393. The van der Waals surface area contributed by atoms with E-state index in [0.29, 0.717) is 6.54 Å². The van der Waals surface area contributed by atoms with Gasteiger partial charge in [0.15, 0.2) is 5.72 Å². The van der Waals surface area contributed by atoms with E-state index in [2.05, 4.69) is 75.6 Å². The van der Waals surface area contributed by atoms with Gasteiger partial charge in [-0.1, -0.05) is 42.5 Å². The number of hydrogen-bond acceptors (Lipinski definition) is 5. The number of benzene rings is 2. The Kier molecular flexibility index (Phi) is 3.76. The highest BCUT2D eigenvalue weighted by molar-refractivity contribution is 6.20. The number of hydrogen-bond donors (Lipinski definition) is 2. The number of carbonyl (C=O) groups excluding carboxylic acids is 1. The molecule has 1 aliphatic carbocycles. The molecule has 6 atom stereocenters. The number of likely N-dealkylation sites (N-methyl/N-ethyl adjacent to an activating group) is 1. The van der Waals surface area contributed by atoms with E-state index in [1.54, 1.807) is 7.11 Å². The highest BCUT2D eigenvalue weighted by Gasteiger charge is 2.57. The number of para-hydroxylation sites is 1. The largest absolute Gasteiger partial charge is 0.375 e. The minimum absolute atomic E-state index is 0.0377. The maximum atomic E-state index is 13.3. The molecule has 0 spiro atoms. The van der Waals surface area contributed by atoms with Gasteiger partial charge >= 0.3 is 0 Å². The number of anilines is 1. The lowest BCUT2D eigenvalue weighted by atomic mass is 9.85. The van der Waals surface area contributed by atoms with Crippen molar-refractivity contribution in [1.82, 2.24) is 15.2 Å². The number of aromatic nitrogens is 1. The minimum atomic E-state index is -0.737. The highest BCUT2D eigenvalue weighted by atomic mass is 16.6. The zero-order chi connectivity index (χ0) is 23.6. The molecular formula is C28H28N4O3. The van der Waals surface area contributed by atoms with Crippen LogP contribution >= 0.6 is 0 Å². The molecule has 1 saturated heterocycles. The first-order chi connectivity index (χ1) is 17.1. The first-order valence-electron chi connectivity index (χ1n) is 12.5. The molecule has 2 bridgehead atoms. The molecule has 5 heterocycles. The number of nitrogens with one attached hydrogen (secondary N) is 2. The number of ether oxygens (including phenoxy) is 2. The fourth-order valence-electron chi connectivity index (χ4n) is 7.76. The molecule has 2 N–H and O–H groups in total. The fourth-order valence-corrected chi connectivity index (χ4v) is 7.76. The summed E-state index contributed by atoms with van der Waals surface area (Å²) >= 11 is 0. The Morgan fingerprint density at radius 2 is 2.06 bits per heavy atom. The Balaban J connectivity index is 1.62. The molecule has 2 aromatic carbocycles. The standard InChI is InChI=1S/C28H28N4O3/c1-28-26(34-3)17(29-2)12-20(35-28)31-18-10-6-4-8-14(18)22-23-16(13-30-27(23)33)21-15-9-5-7-11-19(15)32(28)25(21)24(22)31/h4-11,14,17-18,20,26,29H,12-13H2,1-3H3,(H,30,33)/t14?,17-,18?,20-,26-,28+/m1/s1. The number of methoxy groups -OCH3 is 1. The molecule has 7 heteroatoms. The van der Waals surface area contributed by atoms with Crippen molar-refractivity contribution in [3.05, 3.63) is 65.3 Å². The van der Waals surface area contributed by atoms with Crippen molar-refractivity contribution in [2.45, 2.75) is 55.9 Å². The minimum Gasteiger partial charge on any atom is -0.375 e. The van der Waals surface area contributed by atoms with Crippen LogP contribution in [-0.4, -0.2) is 49.0 Å². The molecule has 7 nitrogen and oxygen atoms in total. The van der Waals surface area contributed by atoms with E-state index in [1.807, 2.05) is 7.05 Å². The Hall–Kier alpha value is -3.13. The molecule has 0 saturated carbocycles. The number of nitrogens with zero attached hydrogens (tertiary/aromatic N) is 2. The van der Waals surface area contributed by atoms with E-state index >= 15 is 0 Å². The second kappa shape index (κ2) is 6.55. The van der Waals surface area contributed by atoms with Crippen LogP contribution < -0.4 is 15.5 Å². The number of amides is 1. The Morgan fingerprint density at radius 1 is 1.23 bits per heavy atom. The summed E-state index contributed by atoms with van der Waals surface area (Å²) in [6, 6.07) is 8.74. The van der Waals surface area contributed by atoms with Gasteiger partial charge in [-0.25, -0.2) is 0 Å². The van der Waals surface area contributed by atoms with Gasteiger partial charge in [-0.15, -0.1) is 0 Å². The molecule has 5 aliphatic rings. The van der Waals surface area contributed by atoms with E-state index < -0.39 is 5.72 Å². The highest BCUT2D eigenvalue weighted by Crippen LogP contribution is 2.58. The van der Waals surface area contributed by atoms with Crippen molar-refractivity contribution >= 4 is 33.4 Å². The first kappa shape index (κ1) is 20.1. The third kappa shape index (κ3) is 2.17. The second-order valence-electron chi connectivity index (χ2n) is 10.5. The lowest BCUT2D eigenvalue weighted by Crippen LogP contribution is -2.63. The van der Waals surface area contributed by atoms with Crippen LogP contribution in [0.1, 0.15) is 40.7 Å². The summed E-state index contributed by atoms with van der Waals surface area (Å²) < 4.78 is 15.7. The van der Waals surface area contributed by atoms with Crippen LogP contribution in [0.15, 0.2) is 48.6 Å². The van der Waals surface area contributed by atoms with E-state index in [0.717, 1.165) is 50.6 Å². The summed E-state index contributed by atoms with van der Waals surface area (Å²) in [5, 5.41) is 9.00. The van der Waals surface area contributed by atoms with Crippen molar-refractivity contribution < 1.29 is 14.3 Å². The van der Waals surface area contributed by atoms with Crippen LogP contribution in [0.5, 0.6) is 0 Å². The summed E-state index contributed by atoms with van der Waals surface area (Å²) in [5.74, 6) is 0.153. The molecule has 1 aromatic heterocycles. The number of carbonyl (C=O) groups is 1. The molecule has 8 rings (SSSR count). The molecule has 178 valence electrons. The van der Waals surface area contributed by atoms with Gasteiger partial charge < -0.3 is 29.6 Å². The van der Waals surface area contributed by atoms with E-state index in [-0.39, 0.29) is 36.2 Å². The van der Waals surface area contributed by atoms with Crippen LogP contribution in [0.3, 0.4) is 0 Å². The average Bonchev–Trinajstić information content (AvgIpc) is 3.51. The van der Waals surface area contributed by atoms with Gasteiger partial charge in [-0.05, 0) is 25.6 Å². The monoisotopic (exact) mass is 468 g/mol. The average molecular weight is 469 g/mol. The Labute approximate surface area is 203 Å². The quantitative estimate of drug-likeness (QED) is 0.603. The van der Waals surface area contributed by atoms with Crippen molar-refractivity contribution in [1.29, 1.82) is 0 Å². The summed E-state index contributed by atoms with van der Waals surface area (Å²) in [6.07, 6.45) is 9.21. The van der Waals surface area contributed by atoms with E-state index in [1.165, 1.54) is 0 Å². The lowest BCUT2D eigenvalue weighted by molar-refractivity contribution is -0.238. The van der Waals surface area contributed by atoms with Gasteiger partial charge in [0.2, 0.25) is 0 Å². The zero-order valence-corrected chi connectivity index (χ0v) is 20.0. The molecule has 35 heavy (non-hydrogen) atoms. The maximum absolute atomic E-state index is 13.3. The maximum Gasteiger partial charge on any atom is 0.252 e. The molecular weight excluding hydrogens is 440 g/mol. The number of rotatable bonds is 2. The van der Waals surface area contributed by atoms with Gasteiger partial charge in [-0.3, -0.25) is 4.79 Å². The smallest absolute Gasteiger partial charge is 0.252 e. The zero-order valence-electron chi connectivity index (χ0n) is 20.0. The molecule has 3 aromatic rings. The summed E-state index contributed by atoms with van der Waals surface area (Å²) in [7, 11) is 3.79. The lowest BCUT2D eigenvalue weighted by Gasteiger charge is -2.50. The van der Waals surface area contributed by atoms with Gasteiger partial charge in [0, 0.05) is 48.4 Å². The van der Waals surface area contributed by atoms with Gasteiger partial charge in [-0.2, -0.15) is 0 Å². The Morgan fingerprint density at radius 3 is 2.89 bits per heavy atom. The van der Waals surface area contributed by atoms with Crippen LogP contribution in [-0.2, 0) is 21.7 Å². The SMILES string of the molecule is CN[C@@H]1C[C@H]2O[C@@](C)([C@@H]1OC)n1c3ccccc3c3c4c(c5c(c31)N2C1C=CC=CC51)C(=O)NC4. The van der Waals surface area contributed by atoms with Crippen molar-refractivity contribution in [3.8, 4) is 0 Å². The van der Waals surface area contributed by atoms with Crippen LogP contribution in [0.2, 0.25) is 0 Å². The number of allylic oxidation sites excluding steroid dienone is 2. The van der Waals surface area contributed by atoms with Crippen LogP contribution in [0.4, 0.5) is 5.69 Å². The third-order valence-electron chi connectivity index (χ3n) is 9.00. The molecule has 1 amide bonds. The second-order valence-corrected chi connectivity index (χ2v) is 10.5. The van der Waals surface area contributed by atoms with Crippen molar-refractivity contribution in [3.63, 3.8) is 0 Å². The molecule has 4 aliphatic heterocycles. The van der Waals surface area contributed by atoms with Gasteiger partial charge in [0.1, 0.15) is 12.3 Å². The van der Waals surface area contributed by atoms with Crippen molar-refractivity contribution in [2.24, 2.45) is 0 Å².